The fourth-order valence-electron chi connectivity index (χ4n) is 3.12. The molecule has 0 fully saturated rings. The van der Waals surface area contributed by atoms with Gasteiger partial charge in [-0.1, -0.05) is 19.1 Å². The van der Waals surface area contributed by atoms with Crippen molar-refractivity contribution in [3.8, 4) is 0 Å². The van der Waals surface area contributed by atoms with Crippen LogP contribution in [0.1, 0.15) is 30.5 Å². The number of benzene rings is 2. The molecular formula is C20H15F4NO3. The number of amides is 1. The molecule has 0 saturated heterocycles. The maximum Gasteiger partial charge on any atom is 0.416 e. The van der Waals surface area contributed by atoms with Gasteiger partial charge in [0.25, 0.3) is 5.91 Å². The fraction of sp³-hybridized carbons (Fsp3) is 0.200. The van der Waals surface area contributed by atoms with Crippen LogP contribution in [0, 0.1) is 5.82 Å². The first-order chi connectivity index (χ1) is 13.1. The molecule has 0 aliphatic carbocycles. The van der Waals surface area contributed by atoms with Crippen molar-refractivity contribution in [3.63, 3.8) is 0 Å². The molecule has 0 aromatic heterocycles. The van der Waals surface area contributed by atoms with Gasteiger partial charge in [0.1, 0.15) is 5.82 Å². The SMILES string of the molecule is CCC(=O)C1=C(O)C(=O)N(c2ccc(C(F)(F)F)cc2)C1c1ccc(F)cc1. The molecule has 2 aromatic carbocycles. The highest BCUT2D eigenvalue weighted by atomic mass is 19.4. The average Bonchev–Trinajstić information content (AvgIpc) is 2.92. The fourth-order valence-corrected chi connectivity index (χ4v) is 3.12. The number of nitrogens with zero attached hydrogens (tertiary/aromatic N) is 1. The van der Waals surface area contributed by atoms with Gasteiger partial charge in [0.05, 0.1) is 17.2 Å². The number of alkyl halides is 3. The smallest absolute Gasteiger partial charge is 0.416 e. The van der Waals surface area contributed by atoms with Crippen LogP contribution >= 0.6 is 0 Å². The lowest BCUT2D eigenvalue weighted by atomic mass is 9.95. The predicted octanol–water partition coefficient (Wildman–Crippen LogP) is 4.72. The Balaban J connectivity index is 2.12. The molecule has 4 nitrogen and oxygen atoms in total. The van der Waals surface area contributed by atoms with Gasteiger partial charge in [-0.15, -0.1) is 0 Å². The topological polar surface area (TPSA) is 57.6 Å². The zero-order valence-electron chi connectivity index (χ0n) is 14.6. The van der Waals surface area contributed by atoms with E-state index in [1.807, 2.05) is 0 Å². The van der Waals surface area contributed by atoms with Gasteiger partial charge in [0, 0.05) is 12.1 Å². The summed E-state index contributed by atoms with van der Waals surface area (Å²) in [7, 11) is 0. The van der Waals surface area contributed by atoms with Crippen LogP contribution in [0.2, 0.25) is 0 Å². The van der Waals surface area contributed by atoms with Crippen LogP contribution in [0.4, 0.5) is 23.2 Å². The molecule has 1 aliphatic heterocycles. The summed E-state index contributed by atoms with van der Waals surface area (Å²) in [4.78, 5) is 26.0. The quantitative estimate of drug-likeness (QED) is 0.765. The van der Waals surface area contributed by atoms with E-state index in [1.165, 1.54) is 12.1 Å². The van der Waals surface area contributed by atoms with Crippen molar-refractivity contribution in [1.82, 2.24) is 0 Å². The van der Waals surface area contributed by atoms with Crippen molar-refractivity contribution in [2.24, 2.45) is 0 Å². The summed E-state index contributed by atoms with van der Waals surface area (Å²) in [5.41, 5.74) is -0.657. The van der Waals surface area contributed by atoms with Gasteiger partial charge in [0.15, 0.2) is 11.5 Å². The average molecular weight is 393 g/mol. The molecule has 8 heteroatoms. The van der Waals surface area contributed by atoms with Crippen molar-refractivity contribution in [2.75, 3.05) is 4.90 Å². The lowest BCUT2D eigenvalue weighted by Gasteiger charge is -2.27. The Labute approximate surface area is 157 Å². The molecule has 1 amide bonds. The van der Waals surface area contributed by atoms with E-state index in [4.69, 9.17) is 0 Å². The summed E-state index contributed by atoms with van der Waals surface area (Å²) in [6, 6.07) is 7.69. The second kappa shape index (κ2) is 7.10. The Kier molecular flexibility index (Phi) is 4.97. The lowest BCUT2D eigenvalue weighted by molar-refractivity contribution is -0.137. The molecule has 0 spiro atoms. The standard InChI is InChI=1S/C20H15F4NO3/c1-2-15(26)16-17(11-3-7-13(21)8-4-11)25(19(28)18(16)27)14-9-5-12(6-10-14)20(22,23)24/h3-10,17,27H,2H2,1H3. The van der Waals surface area contributed by atoms with E-state index in [-0.39, 0.29) is 17.7 Å². The van der Waals surface area contributed by atoms with Gasteiger partial charge < -0.3 is 5.11 Å². The zero-order chi connectivity index (χ0) is 20.6. The van der Waals surface area contributed by atoms with E-state index in [2.05, 4.69) is 0 Å². The number of aliphatic hydroxyl groups excluding tert-OH is 1. The van der Waals surface area contributed by atoms with Crippen molar-refractivity contribution in [3.05, 3.63) is 76.8 Å². The molecule has 2 aromatic rings. The third kappa shape index (κ3) is 3.37. The number of Topliss-reactive ketones (excluding diaryl/α,β-unsaturated/α-hetero) is 1. The van der Waals surface area contributed by atoms with Crippen molar-refractivity contribution >= 4 is 17.4 Å². The molecule has 1 heterocycles. The number of ketones is 1. The Morgan fingerprint density at radius 3 is 2.14 bits per heavy atom. The van der Waals surface area contributed by atoms with Crippen molar-refractivity contribution < 1.29 is 32.3 Å². The van der Waals surface area contributed by atoms with Crippen molar-refractivity contribution in [1.29, 1.82) is 0 Å². The van der Waals surface area contributed by atoms with Gasteiger partial charge in [0.2, 0.25) is 0 Å². The second-order valence-corrected chi connectivity index (χ2v) is 6.21. The summed E-state index contributed by atoms with van der Waals surface area (Å²) in [5, 5.41) is 10.3. The summed E-state index contributed by atoms with van der Waals surface area (Å²) in [6.07, 6.45) is -4.54. The van der Waals surface area contributed by atoms with Crippen LogP contribution in [0.25, 0.3) is 0 Å². The second-order valence-electron chi connectivity index (χ2n) is 6.21. The number of aliphatic hydroxyl groups is 1. The summed E-state index contributed by atoms with van der Waals surface area (Å²) in [6.45, 7) is 1.55. The van der Waals surface area contributed by atoms with Crippen LogP contribution in [-0.4, -0.2) is 16.8 Å². The number of carbonyl (C=O) groups is 2. The minimum absolute atomic E-state index is 0.00518. The van der Waals surface area contributed by atoms with E-state index in [0.717, 1.165) is 41.3 Å². The maximum atomic E-state index is 13.3. The molecule has 1 N–H and O–H groups in total. The van der Waals surface area contributed by atoms with Crippen LogP contribution in [0.3, 0.4) is 0 Å². The molecule has 0 radical (unpaired) electrons. The number of halogens is 4. The van der Waals surface area contributed by atoms with E-state index >= 15 is 0 Å². The monoisotopic (exact) mass is 393 g/mol. The molecule has 0 saturated carbocycles. The summed E-state index contributed by atoms with van der Waals surface area (Å²) < 4.78 is 51.8. The van der Waals surface area contributed by atoms with E-state index in [9.17, 15) is 32.3 Å². The minimum atomic E-state index is -4.55. The molecule has 3 rings (SSSR count). The van der Waals surface area contributed by atoms with Gasteiger partial charge >= 0.3 is 6.18 Å². The first kappa shape index (κ1) is 19.6. The first-order valence-corrected chi connectivity index (χ1v) is 8.37. The Bertz CT molecular complexity index is 947. The number of anilines is 1. The van der Waals surface area contributed by atoms with E-state index < -0.39 is 41.0 Å². The third-order valence-electron chi connectivity index (χ3n) is 4.49. The normalized spacial score (nSPS) is 17.4. The largest absolute Gasteiger partial charge is 0.503 e. The molecule has 0 bridgehead atoms. The Hall–Kier alpha value is -3.16. The predicted molar refractivity (Wildman–Crippen MR) is 93.0 cm³/mol. The number of hydrogen-bond donors (Lipinski definition) is 1. The highest BCUT2D eigenvalue weighted by molar-refractivity contribution is 6.16. The van der Waals surface area contributed by atoms with Crippen LogP contribution in [0.15, 0.2) is 59.9 Å². The molecule has 1 unspecified atom stereocenters. The van der Waals surface area contributed by atoms with E-state index in [1.54, 1.807) is 6.92 Å². The first-order valence-electron chi connectivity index (χ1n) is 8.37. The minimum Gasteiger partial charge on any atom is -0.503 e. The van der Waals surface area contributed by atoms with Gasteiger partial charge in [-0.25, -0.2) is 4.39 Å². The van der Waals surface area contributed by atoms with Crippen LogP contribution in [0.5, 0.6) is 0 Å². The highest BCUT2D eigenvalue weighted by Gasteiger charge is 2.44. The molecule has 28 heavy (non-hydrogen) atoms. The highest BCUT2D eigenvalue weighted by Crippen LogP contribution is 2.42. The van der Waals surface area contributed by atoms with Gasteiger partial charge in [-0.2, -0.15) is 13.2 Å². The Morgan fingerprint density at radius 2 is 1.64 bits per heavy atom. The van der Waals surface area contributed by atoms with Crippen molar-refractivity contribution in [2.45, 2.75) is 25.6 Å². The van der Waals surface area contributed by atoms with Gasteiger partial charge in [-0.05, 0) is 42.0 Å². The maximum absolute atomic E-state index is 13.3. The van der Waals surface area contributed by atoms with Crippen LogP contribution < -0.4 is 4.90 Å². The lowest BCUT2D eigenvalue weighted by Crippen LogP contribution is -2.31. The molecular weight excluding hydrogens is 378 g/mol. The number of rotatable bonds is 4. The van der Waals surface area contributed by atoms with Gasteiger partial charge in [-0.3, -0.25) is 14.5 Å². The third-order valence-corrected chi connectivity index (χ3v) is 4.49. The molecule has 1 aliphatic rings. The van der Waals surface area contributed by atoms with Crippen LogP contribution in [-0.2, 0) is 15.8 Å². The molecule has 1 atom stereocenters. The number of hydrogen-bond acceptors (Lipinski definition) is 3. The molecule has 146 valence electrons. The number of carbonyl (C=O) groups excluding carboxylic acids is 2. The zero-order valence-corrected chi connectivity index (χ0v) is 14.6. The summed E-state index contributed by atoms with van der Waals surface area (Å²) in [5.74, 6) is -2.70. The van der Waals surface area contributed by atoms with E-state index in [0.29, 0.717) is 5.56 Å². The Morgan fingerprint density at radius 1 is 1.07 bits per heavy atom. The summed E-state index contributed by atoms with van der Waals surface area (Å²) >= 11 is 0.